The molecule has 0 fully saturated rings. The number of nitro groups is 1. The van der Waals surface area contributed by atoms with Crippen molar-refractivity contribution in [2.75, 3.05) is 18.8 Å². The average Bonchev–Trinajstić information content (AvgIpc) is 2.81. The van der Waals surface area contributed by atoms with Gasteiger partial charge in [-0.3, -0.25) is 19.7 Å². The predicted molar refractivity (Wildman–Crippen MR) is 133 cm³/mol. The first-order valence-electron chi connectivity index (χ1n) is 11.2. The maximum absolute atomic E-state index is 13.2. The normalized spacial score (nSPS) is 11.8. The van der Waals surface area contributed by atoms with Crippen LogP contribution in [0.25, 0.3) is 0 Å². The largest absolute Gasteiger partial charge is 0.354 e. The summed E-state index contributed by atoms with van der Waals surface area (Å²) < 4.78 is 0. The first kappa shape index (κ1) is 26.4. The van der Waals surface area contributed by atoms with Gasteiger partial charge >= 0.3 is 0 Å². The molecule has 0 heterocycles. The third-order valence-corrected chi connectivity index (χ3v) is 6.18. The van der Waals surface area contributed by atoms with Crippen molar-refractivity contribution < 1.29 is 14.5 Å². The Morgan fingerprint density at radius 3 is 2.30 bits per heavy atom. The molecule has 1 N–H and O–H groups in total. The molecule has 0 saturated carbocycles. The monoisotopic (exact) mass is 471 g/mol. The van der Waals surface area contributed by atoms with Gasteiger partial charge in [0.2, 0.25) is 11.8 Å². The van der Waals surface area contributed by atoms with E-state index in [0.717, 1.165) is 11.1 Å². The standard InChI is InChI=1S/C25H33N3O4S/c1-4-23(25(30)26-16-19(2)3)27(15-14-20-8-6-5-7-9-20)24(29)18-33-17-21-10-12-22(13-11-21)28(31)32/h5-13,19,23H,4,14-18H2,1-3H3,(H,26,30)/t23-/m1/s1. The van der Waals surface area contributed by atoms with Crippen LogP contribution in [0, 0.1) is 16.0 Å². The summed E-state index contributed by atoms with van der Waals surface area (Å²) in [5, 5.41) is 13.8. The molecule has 0 radical (unpaired) electrons. The van der Waals surface area contributed by atoms with Gasteiger partial charge in [-0.2, -0.15) is 0 Å². The number of amides is 2. The maximum Gasteiger partial charge on any atom is 0.269 e. The number of rotatable bonds is 13. The van der Waals surface area contributed by atoms with E-state index < -0.39 is 11.0 Å². The van der Waals surface area contributed by atoms with Crippen LogP contribution >= 0.6 is 11.8 Å². The van der Waals surface area contributed by atoms with Gasteiger partial charge in [0.15, 0.2) is 0 Å². The van der Waals surface area contributed by atoms with Gasteiger partial charge < -0.3 is 10.2 Å². The predicted octanol–water partition coefficient (Wildman–Crippen LogP) is 4.45. The zero-order valence-corrected chi connectivity index (χ0v) is 20.3. The fourth-order valence-corrected chi connectivity index (χ4v) is 4.24. The van der Waals surface area contributed by atoms with Gasteiger partial charge in [0.1, 0.15) is 6.04 Å². The van der Waals surface area contributed by atoms with Crippen molar-refractivity contribution >= 4 is 29.3 Å². The molecule has 178 valence electrons. The minimum atomic E-state index is -0.514. The van der Waals surface area contributed by atoms with E-state index in [1.54, 1.807) is 17.0 Å². The second-order valence-electron chi connectivity index (χ2n) is 8.30. The fraction of sp³-hybridized carbons (Fsp3) is 0.440. The number of carbonyl (C=O) groups excluding carboxylic acids is 2. The molecule has 0 aliphatic carbocycles. The Hall–Kier alpha value is -2.87. The summed E-state index contributed by atoms with van der Waals surface area (Å²) in [5.74, 6) is 0.932. The average molecular weight is 472 g/mol. The third kappa shape index (κ3) is 8.88. The molecule has 2 rings (SSSR count). The number of carbonyl (C=O) groups is 2. The highest BCUT2D eigenvalue weighted by Crippen LogP contribution is 2.18. The van der Waals surface area contributed by atoms with E-state index in [9.17, 15) is 19.7 Å². The minimum absolute atomic E-state index is 0.0464. The molecule has 0 saturated heterocycles. The van der Waals surface area contributed by atoms with Crippen LogP contribution in [-0.2, 0) is 21.8 Å². The molecule has 7 nitrogen and oxygen atoms in total. The van der Waals surface area contributed by atoms with Crippen molar-refractivity contribution in [2.24, 2.45) is 5.92 Å². The minimum Gasteiger partial charge on any atom is -0.354 e. The maximum atomic E-state index is 13.2. The molecule has 1 atom stereocenters. The zero-order chi connectivity index (χ0) is 24.2. The SMILES string of the molecule is CC[C@H](C(=O)NCC(C)C)N(CCc1ccccc1)C(=O)CSCc1ccc([N+](=O)[O-])cc1. The van der Waals surface area contributed by atoms with Gasteiger partial charge in [-0.1, -0.05) is 63.2 Å². The van der Waals surface area contributed by atoms with Crippen LogP contribution in [-0.4, -0.2) is 46.5 Å². The molecule has 2 aromatic carbocycles. The van der Waals surface area contributed by atoms with Crippen molar-refractivity contribution in [3.8, 4) is 0 Å². The van der Waals surface area contributed by atoms with Gasteiger partial charge in [-0.15, -0.1) is 11.8 Å². The summed E-state index contributed by atoms with van der Waals surface area (Å²) in [5.41, 5.74) is 2.08. The highest BCUT2D eigenvalue weighted by Gasteiger charge is 2.28. The van der Waals surface area contributed by atoms with Gasteiger partial charge in [0.05, 0.1) is 10.7 Å². The van der Waals surface area contributed by atoms with Gasteiger partial charge in [0.25, 0.3) is 5.69 Å². The molecule has 0 unspecified atom stereocenters. The molecule has 0 aliphatic heterocycles. The lowest BCUT2D eigenvalue weighted by molar-refractivity contribution is -0.384. The summed E-state index contributed by atoms with van der Waals surface area (Å²) >= 11 is 1.44. The molecule has 33 heavy (non-hydrogen) atoms. The lowest BCUT2D eigenvalue weighted by Gasteiger charge is -2.31. The lowest BCUT2D eigenvalue weighted by Crippen LogP contribution is -2.51. The summed E-state index contributed by atoms with van der Waals surface area (Å²) in [4.78, 5) is 38.1. The Bertz CT molecular complexity index is 904. The zero-order valence-electron chi connectivity index (χ0n) is 19.5. The van der Waals surface area contributed by atoms with Crippen molar-refractivity contribution in [3.05, 3.63) is 75.8 Å². The molecule has 0 spiro atoms. The van der Waals surface area contributed by atoms with Gasteiger partial charge in [-0.25, -0.2) is 0 Å². The van der Waals surface area contributed by atoms with Gasteiger partial charge in [0, 0.05) is 31.0 Å². The number of nitro benzene ring substituents is 1. The number of benzene rings is 2. The highest BCUT2D eigenvalue weighted by molar-refractivity contribution is 7.99. The van der Waals surface area contributed by atoms with Crippen LogP contribution in [0.4, 0.5) is 5.69 Å². The third-order valence-electron chi connectivity index (χ3n) is 5.20. The molecule has 0 aromatic heterocycles. The summed E-state index contributed by atoms with van der Waals surface area (Å²) in [6.45, 7) is 7.04. The van der Waals surface area contributed by atoms with E-state index in [0.29, 0.717) is 37.6 Å². The molecule has 2 aromatic rings. The number of thioether (sulfide) groups is 1. The van der Waals surface area contributed by atoms with Crippen molar-refractivity contribution in [1.82, 2.24) is 10.2 Å². The van der Waals surface area contributed by atoms with Crippen LogP contribution in [0.2, 0.25) is 0 Å². The van der Waals surface area contributed by atoms with Crippen molar-refractivity contribution in [2.45, 2.75) is 45.4 Å². The van der Waals surface area contributed by atoms with E-state index in [2.05, 4.69) is 5.32 Å². The second kappa shape index (κ2) is 13.6. The van der Waals surface area contributed by atoms with Crippen LogP contribution in [0.1, 0.15) is 38.3 Å². The van der Waals surface area contributed by atoms with Gasteiger partial charge in [-0.05, 0) is 29.9 Å². The van der Waals surface area contributed by atoms with E-state index >= 15 is 0 Å². The summed E-state index contributed by atoms with van der Waals surface area (Å²) in [7, 11) is 0. The number of nitrogens with one attached hydrogen (secondary N) is 1. The van der Waals surface area contributed by atoms with E-state index in [1.807, 2.05) is 51.1 Å². The number of nitrogens with zero attached hydrogens (tertiary/aromatic N) is 2. The molecule has 0 bridgehead atoms. The van der Waals surface area contributed by atoms with E-state index in [1.165, 1.54) is 23.9 Å². The smallest absolute Gasteiger partial charge is 0.269 e. The second-order valence-corrected chi connectivity index (χ2v) is 9.29. The number of hydrogen-bond donors (Lipinski definition) is 1. The Kier molecular flexibility index (Phi) is 10.9. The Balaban J connectivity index is 2.03. The van der Waals surface area contributed by atoms with Crippen molar-refractivity contribution in [1.29, 1.82) is 0 Å². The highest BCUT2D eigenvalue weighted by atomic mass is 32.2. The molecular weight excluding hydrogens is 438 g/mol. The molecule has 8 heteroatoms. The number of non-ortho nitro benzene ring substituents is 1. The Morgan fingerprint density at radius 1 is 1.06 bits per heavy atom. The topological polar surface area (TPSA) is 92.6 Å². The first-order chi connectivity index (χ1) is 15.8. The Morgan fingerprint density at radius 2 is 1.73 bits per heavy atom. The number of hydrogen-bond acceptors (Lipinski definition) is 5. The van der Waals surface area contributed by atoms with Crippen LogP contribution < -0.4 is 5.32 Å². The molecule has 2 amide bonds. The van der Waals surface area contributed by atoms with Crippen LogP contribution in [0.5, 0.6) is 0 Å². The Labute approximate surface area is 200 Å². The lowest BCUT2D eigenvalue weighted by atomic mass is 10.1. The first-order valence-corrected chi connectivity index (χ1v) is 12.4. The van der Waals surface area contributed by atoms with Crippen LogP contribution in [0.3, 0.4) is 0 Å². The summed E-state index contributed by atoms with van der Waals surface area (Å²) in [6, 6.07) is 15.8. The summed E-state index contributed by atoms with van der Waals surface area (Å²) in [6.07, 6.45) is 1.21. The van der Waals surface area contributed by atoms with Crippen molar-refractivity contribution in [3.63, 3.8) is 0 Å². The quantitative estimate of drug-likeness (QED) is 0.344. The molecule has 0 aliphatic rings. The van der Waals surface area contributed by atoms with E-state index in [4.69, 9.17) is 0 Å². The van der Waals surface area contributed by atoms with E-state index in [-0.39, 0.29) is 23.3 Å². The fourth-order valence-electron chi connectivity index (χ4n) is 3.37. The van der Waals surface area contributed by atoms with Crippen LogP contribution in [0.15, 0.2) is 54.6 Å². The molecular formula is C25H33N3O4S.